The van der Waals surface area contributed by atoms with E-state index >= 15 is 0 Å². The van der Waals surface area contributed by atoms with Crippen molar-refractivity contribution in [3.8, 4) is 0 Å². The summed E-state index contributed by atoms with van der Waals surface area (Å²) in [5.74, 6) is 0.683. The molecule has 2 N–H and O–H groups in total. The fraction of sp³-hybridized carbons (Fsp3) is 0.292. The van der Waals surface area contributed by atoms with E-state index in [1.54, 1.807) is 11.2 Å². The SMILES string of the molecule is C=C1CCCN1CCCN=C1NC(=O)N(c2ccc3nc[nH]c3c2)C1c1ccc(Br)cc1. The number of carbonyl (C=O) groups excluding carboxylic acids is 1. The highest BCUT2D eigenvalue weighted by atomic mass is 79.9. The number of fused-ring (bicyclic) bond motifs is 1. The number of nitrogens with one attached hydrogen (secondary N) is 2. The van der Waals surface area contributed by atoms with Crippen LogP contribution in [-0.2, 0) is 0 Å². The second-order valence-corrected chi connectivity index (χ2v) is 9.05. The topological polar surface area (TPSA) is 76.6 Å². The van der Waals surface area contributed by atoms with Crippen LogP contribution in [0.15, 0.2) is 70.5 Å². The number of nitrogens with zero attached hydrogens (tertiary/aromatic N) is 4. The highest BCUT2D eigenvalue weighted by Crippen LogP contribution is 2.34. The van der Waals surface area contributed by atoms with Crippen LogP contribution in [0.2, 0.25) is 0 Å². The maximum atomic E-state index is 13.1. The minimum Gasteiger partial charge on any atom is -0.375 e. The van der Waals surface area contributed by atoms with Crippen molar-refractivity contribution in [3.05, 3.63) is 71.1 Å². The number of aromatic amines is 1. The molecule has 0 bridgehead atoms. The van der Waals surface area contributed by atoms with Gasteiger partial charge in [0.05, 0.1) is 17.4 Å². The third kappa shape index (κ3) is 4.02. The Balaban J connectivity index is 1.42. The number of hydrogen-bond donors (Lipinski definition) is 2. The number of H-pyrrole nitrogens is 1. The van der Waals surface area contributed by atoms with Crippen LogP contribution < -0.4 is 10.2 Å². The molecule has 3 heterocycles. The van der Waals surface area contributed by atoms with Crippen molar-refractivity contribution in [1.82, 2.24) is 20.2 Å². The van der Waals surface area contributed by atoms with Gasteiger partial charge < -0.3 is 9.88 Å². The lowest BCUT2D eigenvalue weighted by atomic mass is 10.0. The lowest BCUT2D eigenvalue weighted by Gasteiger charge is -2.23. The fourth-order valence-electron chi connectivity index (χ4n) is 4.42. The minimum absolute atomic E-state index is 0.177. The predicted octanol–water partition coefficient (Wildman–Crippen LogP) is 4.99. The van der Waals surface area contributed by atoms with Gasteiger partial charge in [-0.15, -0.1) is 0 Å². The summed E-state index contributed by atoms with van der Waals surface area (Å²) in [6.45, 7) is 6.82. The van der Waals surface area contributed by atoms with E-state index in [9.17, 15) is 4.79 Å². The van der Waals surface area contributed by atoms with Crippen LogP contribution in [0.3, 0.4) is 0 Å². The number of halogens is 1. The largest absolute Gasteiger partial charge is 0.375 e. The maximum Gasteiger partial charge on any atom is 0.328 e. The molecule has 164 valence electrons. The molecular formula is C24H25BrN6O. The number of rotatable bonds is 6. The Labute approximate surface area is 195 Å². The van der Waals surface area contributed by atoms with Gasteiger partial charge >= 0.3 is 6.03 Å². The number of amides is 2. The van der Waals surface area contributed by atoms with Gasteiger partial charge in [0, 0.05) is 35.5 Å². The number of hydrogen-bond acceptors (Lipinski definition) is 4. The zero-order valence-corrected chi connectivity index (χ0v) is 19.3. The van der Waals surface area contributed by atoms with E-state index in [4.69, 9.17) is 4.99 Å². The van der Waals surface area contributed by atoms with Gasteiger partial charge in [0.2, 0.25) is 0 Å². The number of aliphatic imine (C=N–C) groups is 1. The lowest BCUT2D eigenvalue weighted by molar-refractivity contribution is 0.252. The highest BCUT2D eigenvalue weighted by Gasteiger charge is 2.38. The number of likely N-dealkylation sites (tertiary alicyclic amines) is 1. The molecule has 2 aliphatic rings. The molecule has 1 aromatic heterocycles. The molecule has 0 aliphatic carbocycles. The molecule has 0 radical (unpaired) electrons. The maximum absolute atomic E-state index is 13.1. The van der Waals surface area contributed by atoms with Gasteiger partial charge in [-0.2, -0.15) is 0 Å². The first-order valence-corrected chi connectivity index (χ1v) is 11.7. The molecule has 1 atom stereocenters. The predicted molar refractivity (Wildman–Crippen MR) is 131 cm³/mol. The summed E-state index contributed by atoms with van der Waals surface area (Å²) in [4.78, 5) is 29.4. The Morgan fingerprint density at radius 1 is 1.22 bits per heavy atom. The van der Waals surface area contributed by atoms with E-state index in [0.717, 1.165) is 52.7 Å². The first-order chi connectivity index (χ1) is 15.6. The van der Waals surface area contributed by atoms with Crippen molar-refractivity contribution in [2.45, 2.75) is 25.3 Å². The standard InChI is InChI=1S/C24H25BrN6O/c1-16-4-2-12-30(16)13-3-11-26-23-22(17-5-7-18(25)8-6-17)31(24(32)29-23)19-9-10-20-21(14-19)28-15-27-20/h5-10,14-15,22H,1-4,11-13H2,(H,27,28)(H,26,29,32). The number of urea groups is 1. The first kappa shape index (κ1) is 20.8. The van der Waals surface area contributed by atoms with E-state index in [1.807, 2.05) is 42.5 Å². The van der Waals surface area contributed by atoms with Crippen LogP contribution in [0.1, 0.15) is 30.9 Å². The molecule has 7 nitrogen and oxygen atoms in total. The normalized spacial score (nSPS) is 20.0. The molecule has 0 saturated carbocycles. The highest BCUT2D eigenvalue weighted by molar-refractivity contribution is 9.10. The number of allylic oxidation sites excluding steroid dienone is 1. The summed E-state index contributed by atoms with van der Waals surface area (Å²) in [6.07, 6.45) is 4.86. The monoisotopic (exact) mass is 492 g/mol. The molecular weight excluding hydrogens is 468 g/mol. The van der Waals surface area contributed by atoms with Crippen LogP contribution in [0.5, 0.6) is 0 Å². The smallest absolute Gasteiger partial charge is 0.328 e. The second kappa shape index (κ2) is 8.78. The number of imidazole rings is 1. The number of benzene rings is 2. The molecule has 1 unspecified atom stereocenters. The van der Waals surface area contributed by atoms with E-state index in [0.29, 0.717) is 12.4 Å². The van der Waals surface area contributed by atoms with Crippen molar-refractivity contribution in [1.29, 1.82) is 0 Å². The Kier molecular flexibility index (Phi) is 5.70. The van der Waals surface area contributed by atoms with Gasteiger partial charge in [-0.1, -0.05) is 34.6 Å². The van der Waals surface area contributed by atoms with Gasteiger partial charge in [0.15, 0.2) is 0 Å². The van der Waals surface area contributed by atoms with Crippen molar-refractivity contribution in [2.75, 3.05) is 24.5 Å². The van der Waals surface area contributed by atoms with Crippen LogP contribution >= 0.6 is 15.9 Å². The average Bonchev–Trinajstić information content (AvgIpc) is 3.50. The molecule has 32 heavy (non-hydrogen) atoms. The van der Waals surface area contributed by atoms with Crippen molar-refractivity contribution >= 4 is 44.5 Å². The van der Waals surface area contributed by atoms with Crippen molar-refractivity contribution in [3.63, 3.8) is 0 Å². The molecule has 2 amide bonds. The Morgan fingerprint density at radius 2 is 2.06 bits per heavy atom. The van der Waals surface area contributed by atoms with Gasteiger partial charge in [-0.05, 0) is 55.2 Å². The molecule has 8 heteroatoms. The molecule has 0 spiro atoms. The van der Waals surface area contributed by atoms with Gasteiger partial charge in [-0.3, -0.25) is 15.2 Å². The van der Waals surface area contributed by atoms with E-state index < -0.39 is 0 Å². The van der Waals surface area contributed by atoms with Crippen LogP contribution in [-0.4, -0.2) is 46.4 Å². The molecule has 2 saturated heterocycles. The third-order valence-electron chi connectivity index (χ3n) is 6.05. The Hall–Kier alpha value is -3.13. The quantitative estimate of drug-likeness (QED) is 0.475. The summed E-state index contributed by atoms with van der Waals surface area (Å²) in [5, 5.41) is 3.01. The number of anilines is 1. The number of carbonyl (C=O) groups is 1. The van der Waals surface area contributed by atoms with Crippen molar-refractivity contribution in [2.24, 2.45) is 4.99 Å². The van der Waals surface area contributed by atoms with Gasteiger partial charge in [0.1, 0.15) is 11.9 Å². The number of amidine groups is 1. The van der Waals surface area contributed by atoms with Gasteiger partial charge in [0.25, 0.3) is 0 Å². The second-order valence-electron chi connectivity index (χ2n) is 8.14. The zero-order valence-electron chi connectivity index (χ0n) is 17.7. The Morgan fingerprint density at radius 3 is 2.84 bits per heavy atom. The number of aromatic nitrogens is 2. The molecule has 2 aliphatic heterocycles. The average molecular weight is 493 g/mol. The minimum atomic E-state index is -0.308. The van der Waals surface area contributed by atoms with E-state index in [-0.39, 0.29) is 12.1 Å². The summed E-state index contributed by atoms with van der Waals surface area (Å²) in [6, 6.07) is 13.4. The van der Waals surface area contributed by atoms with E-state index in [1.165, 1.54) is 12.1 Å². The zero-order chi connectivity index (χ0) is 22.1. The summed E-state index contributed by atoms with van der Waals surface area (Å²) >= 11 is 3.50. The molecule has 3 aromatic rings. The van der Waals surface area contributed by atoms with Crippen LogP contribution in [0.25, 0.3) is 11.0 Å². The summed E-state index contributed by atoms with van der Waals surface area (Å²) in [5.41, 5.74) is 4.78. The van der Waals surface area contributed by atoms with Crippen LogP contribution in [0.4, 0.5) is 10.5 Å². The van der Waals surface area contributed by atoms with Crippen molar-refractivity contribution < 1.29 is 4.79 Å². The van der Waals surface area contributed by atoms with Crippen LogP contribution in [0, 0.1) is 0 Å². The lowest BCUT2D eigenvalue weighted by Crippen LogP contribution is -2.29. The summed E-state index contributed by atoms with van der Waals surface area (Å²) in [7, 11) is 0. The molecule has 2 aromatic carbocycles. The fourth-order valence-corrected chi connectivity index (χ4v) is 4.68. The Bertz CT molecular complexity index is 1180. The van der Waals surface area contributed by atoms with E-state index in [2.05, 4.69) is 42.7 Å². The first-order valence-electron chi connectivity index (χ1n) is 10.9. The summed E-state index contributed by atoms with van der Waals surface area (Å²) < 4.78 is 0.994. The third-order valence-corrected chi connectivity index (χ3v) is 6.58. The van der Waals surface area contributed by atoms with Gasteiger partial charge in [-0.25, -0.2) is 9.78 Å². The molecule has 5 rings (SSSR count). The molecule has 2 fully saturated rings.